The van der Waals surface area contributed by atoms with Gasteiger partial charge < -0.3 is 14.2 Å². The van der Waals surface area contributed by atoms with Crippen LogP contribution in [0.4, 0.5) is 0 Å². The summed E-state index contributed by atoms with van der Waals surface area (Å²) >= 11 is 0. The van der Waals surface area contributed by atoms with Crippen molar-refractivity contribution in [2.24, 2.45) is 0 Å². The fraction of sp³-hybridized carbons (Fsp3) is 0.562. The smallest absolute Gasteiger partial charge is 0.310 e. The normalized spacial score (nSPS) is 13.2. The van der Waals surface area contributed by atoms with E-state index in [9.17, 15) is 14.4 Å². The van der Waals surface area contributed by atoms with Crippen LogP contribution in [0.5, 0.6) is 0 Å². The first-order valence-corrected chi connectivity index (χ1v) is 21.0. The number of hydrogen-bond donors (Lipinski definition) is 0. The molecule has 0 heterocycles. The highest BCUT2D eigenvalue weighted by atomic mass is 16.6. The monoisotopic (exact) mass is 747 g/mol. The maximum absolute atomic E-state index is 12.6. The molecule has 0 aromatic heterocycles. The van der Waals surface area contributed by atoms with Gasteiger partial charge in [0.2, 0.25) is 0 Å². The molecular formula is C48H74O6. The van der Waals surface area contributed by atoms with Crippen molar-refractivity contribution in [1.29, 1.82) is 0 Å². The molecule has 0 spiro atoms. The fourth-order valence-electron chi connectivity index (χ4n) is 5.01. The summed E-state index contributed by atoms with van der Waals surface area (Å²) in [6.45, 7) is 6.20. The minimum atomic E-state index is -0.847. The Balaban J connectivity index is 4.49. The van der Waals surface area contributed by atoms with Gasteiger partial charge in [-0.1, -0.05) is 175 Å². The van der Waals surface area contributed by atoms with Gasteiger partial charge in [0.25, 0.3) is 0 Å². The number of esters is 3. The van der Waals surface area contributed by atoms with Gasteiger partial charge in [-0.05, 0) is 70.6 Å². The molecule has 0 saturated heterocycles. The van der Waals surface area contributed by atoms with Gasteiger partial charge in [-0.25, -0.2) is 0 Å². The third kappa shape index (κ3) is 39.3. The molecule has 0 radical (unpaired) electrons. The zero-order chi connectivity index (χ0) is 39.4. The molecule has 54 heavy (non-hydrogen) atoms. The topological polar surface area (TPSA) is 78.9 Å². The minimum absolute atomic E-state index is 0.0892. The predicted molar refractivity (Wildman–Crippen MR) is 228 cm³/mol. The van der Waals surface area contributed by atoms with Crippen LogP contribution in [-0.2, 0) is 28.6 Å². The van der Waals surface area contributed by atoms with E-state index < -0.39 is 12.1 Å². The Labute approximate surface area is 330 Å². The van der Waals surface area contributed by atoms with Crippen molar-refractivity contribution in [3.05, 3.63) is 109 Å². The Morgan fingerprint density at radius 2 is 0.907 bits per heavy atom. The lowest BCUT2D eigenvalue weighted by molar-refractivity contribution is -0.166. The number of allylic oxidation sites excluding steroid dienone is 17. The summed E-state index contributed by atoms with van der Waals surface area (Å²) in [5, 5.41) is 0. The molecule has 6 nitrogen and oxygen atoms in total. The molecule has 0 aliphatic heterocycles. The van der Waals surface area contributed by atoms with Gasteiger partial charge in [0.15, 0.2) is 6.10 Å². The van der Waals surface area contributed by atoms with E-state index in [1.165, 1.54) is 32.1 Å². The Kier molecular flexibility index (Phi) is 38.8. The number of rotatable bonds is 35. The van der Waals surface area contributed by atoms with Crippen LogP contribution in [0.15, 0.2) is 109 Å². The van der Waals surface area contributed by atoms with Crippen LogP contribution < -0.4 is 0 Å². The van der Waals surface area contributed by atoms with Crippen molar-refractivity contribution in [2.45, 2.75) is 162 Å². The van der Waals surface area contributed by atoms with Crippen LogP contribution in [0.2, 0.25) is 0 Å². The molecule has 0 aliphatic rings. The highest BCUT2D eigenvalue weighted by Crippen LogP contribution is 2.10. The summed E-state index contributed by atoms with van der Waals surface area (Å²) in [4.78, 5) is 37.4. The molecule has 6 heteroatoms. The van der Waals surface area contributed by atoms with Crippen LogP contribution in [0.1, 0.15) is 156 Å². The summed E-state index contributed by atoms with van der Waals surface area (Å²) in [6.07, 6.45) is 55.4. The van der Waals surface area contributed by atoms with E-state index >= 15 is 0 Å². The average Bonchev–Trinajstić information content (AvgIpc) is 3.17. The van der Waals surface area contributed by atoms with Crippen LogP contribution in [0, 0.1) is 0 Å². The zero-order valence-electron chi connectivity index (χ0n) is 34.2. The number of carbonyl (C=O) groups excluding carboxylic acids is 3. The number of hydrogen-bond acceptors (Lipinski definition) is 6. The second kappa shape index (κ2) is 41.8. The highest BCUT2D eigenvalue weighted by molar-refractivity contribution is 5.72. The lowest BCUT2D eigenvalue weighted by Crippen LogP contribution is -2.30. The molecule has 0 saturated carbocycles. The van der Waals surface area contributed by atoms with Gasteiger partial charge in [0.05, 0.1) is 6.42 Å². The van der Waals surface area contributed by atoms with Gasteiger partial charge >= 0.3 is 17.9 Å². The van der Waals surface area contributed by atoms with Crippen molar-refractivity contribution < 1.29 is 28.6 Å². The molecule has 302 valence electrons. The molecule has 1 unspecified atom stereocenters. The van der Waals surface area contributed by atoms with E-state index in [4.69, 9.17) is 14.2 Å². The molecule has 0 amide bonds. The Morgan fingerprint density at radius 3 is 1.52 bits per heavy atom. The summed E-state index contributed by atoms with van der Waals surface area (Å²) in [5.74, 6) is -1.14. The first kappa shape index (κ1) is 50.1. The third-order valence-corrected chi connectivity index (χ3v) is 8.12. The number of ether oxygens (including phenoxy) is 3. The quantitative estimate of drug-likeness (QED) is 0.0211. The maximum atomic E-state index is 12.6. The molecule has 0 N–H and O–H groups in total. The van der Waals surface area contributed by atoms with E-state index in [0.717, 1.165) is 77.0 Å². The van der Waals surface area contributed by atoms with Crippen LogP contribution in [0.3, 0.4) is 0 Å². The van der Waals surface area contributed by atoms with Crippen LogP contribution in [0.25, 0.3) is 0 Å². The van der Waals surface area contributed by atoms with Gasteiger partial charge in [-0.2, -0.15) is 0 Å². The summed E-state index contributed by atoms with van der Waals surface area (Å²) in [7, 11) is 0. The molecule has 0 aromatic carbocycles. The van der Waals surface area contributed by atoms with E-state index in [-0.39, 0.29) is 38.0 Å². The Hall–Kier alpha value is -3.93. The third-order valence-electron chi connectivity index (χ3n) is 8.12. The molecule has 0 aliphatic carbocycles. The van der Waals surface area contributed by atoms with E-state index in [1.54, 1.807) is 6.08 Å². The lowest BCUT2D eigenvalue weighted by atomic mass is 10.1. The van der Waals surface area contributed by atoms with Crippen molar-refractivity contribution in [3.63, 3.8) is 0 Å². The first-order valence-electron chi connectivity index (χ1n) is 21.0. The summed E-state index contributed by atoms with van der Waals surface area (Å²) in [5.41, 5.74) is 0. The molecule has 0 bridgehead atoms. The SMILES string of the molecule is CC/C=C\C/C=C\C/C=C\CC(=O)OC(COC(=O)CCC/C=C\CCCCCC)COC(=O)CCCCCCC\C=C/C=C\C=C/C=C\C=C/CCC. The predicted octanol–water partition coefficient (Wildman–Crippen LogP) is 13.2. The molecule has 0 rings (SSSR count). The van der Waals surface area contributed by atoms with Crippen molar-refractivity contribution in [1.82, 2.24) is 0 Å². The van der Waals surface area contributed by atoms with Crippen molar-refractivity contribution in [2.75, 3.05) is 13.2 Å². The first-order chi connectivity index (χ1) is 26.5. The molecular weight excluding hydrogens is 673 g/mol. The van der Waals surface area contributed by atoms with Gasteiger partial charge in [-0.15, -0.1) is 0 Å². The standard InChI is InChI=1S/C48H74O6/c1-4-7-10-13-16-19-20-21-22-23-24-25-26-27-30-32-35-38-41-47(50)53-44-45(54-48(51)42-39-36-33-29-18-15-12-9-6-3)43-52-46(49)40-37-34-31-28-17-14-11-8-5-2/h9-10,12-13,16,18-25,28-29,31,36,39,45H,4-8,11,14-15,17,26-27,30,32-35,37-38,40-44H2,1-3H3/b12-9-,13-10-,19-16-,21-20-,23-22-,25-24-,29-18-,31-28-,39-36-. The number of unbranched alkanes of at least 4 members (excludes halogenated alkanes) is 11. The number of carbonyl (C=O) groups is 3. The average molecular weight is 747 g/mol. The van der Waals surface area contributed by atoms with E-state index in [0.29, 0.717) is 12.8 Å². The highest BCUT2D eigenvalue weighted by Gasteiger charge is 2.19. The second-order valence-corrected chi connectivity index (χ2v) is 13.3. The Morgan fingerprint density at radius 1 is 0.426 bits per heavy atom. The summed E-state index contributed by atoms with van der Waals surface area (Å²) in [6, 6.07) is 0. The van der Waals surface area contributed by atoms with E-state index in [2.05, 4.69) is 81.5 Å². The van der Waals surface area contributed by atoms with Gasteiger partial charge in [-0.3, -0.25) is 14.4 Å². The second-order valence-electron chi connectivity index (χ2n) is 13.3. The van der Waals surface area contributed by atoms with Crippen molar-refractivity contribution in [3.8, 4) is 0 Å². The maximum Gasteiger partial charge on any atom is 0.310 e. The lowest BCUT2D eigenvalue weighted by Gasteiger charge is -2.18. The molecule has 1 atom stereocenters. The molecule has 0 aromatic rings. The largest absolute Gasteiger partial charge is 0.462 e. The van der Waals surface area contributed by atoms with Gasteiger partial charge in [0.1, 0.15) is 13.2 Å². The fourth-order valence-corrected chi connectivity index (χ4v) is 5.01. The van der Waals surface area contributed by atoms with Crippen molar-refractivity contribution >= 4 is 17.9 Å². The Bertz CT molecular complexity index is 1180. The van der Waals surface area contributed by atoms with Crippen LogP contribution >= 0.6 is 0 Å². The zero-order valence-corrected chi connectivity index (χ0v) is 34.2. The van der Waals surface area contributed by atoms with Crippen LogP contribution in [-0.4, -0.2) is 37.2 Å². The summed E-state index contributed by atoms with van der Waals surface area (Å²) < 4.78 is 16.4. The van der Waals surface area contributed by atoms with E-state index in [1.807, 2.05) is 42.5 Å². The molecule has 0 fully saturated rings. The minimum Gasteiger partial charge on any atom is -0.462 e. The van der Waals surface area contributed by atoms with Gasteiger partial charge in [0, 0.05) is 12.8 Å².